The van der Waals surface area contributed by atoms with Crippen LogP contribution in [0.1, 0.15) is 21.6 Å². The first-order valence-electron chi connectivity index (χ1n) is 6.10. The maximum Gasteiger partial charge on any atom is 0.224 e. The summed E-state index contributed by atoms with van der Waals surface area (Å²) >= 11 is 5.05. The second-order valence-electron chi connectivity index (χ2n) is 4.61. The monoisotopic (exact) mass is 337 g/mol. The highest BCUT2D eigenvalue weighted by Crippen LogP contribution is 2.19. The Bertz CT molecular complexity index is 592. The van der Waals surface area contributed by atoms with Gasteiger partial charge < -0.3 is 5.32 Å². The first-order chi connectivity index (χ1) is 9.04. The van der Waals surface area contributed by atoms with Crippen molar-refractivity contribution in [1.29, 1.82) is 0 Å². The summed E-state index contributed by atoms with van der Waals surface area (Å²) in [6.07, 6.45) is 0.445. The maximum atomic E-state index is 11.9. The van der Waals surface area contributed by atoms with E-state index in [-0.39, 0.29) is 5.91 Å². The Labute approximate surface area is 126 Å². The number of aryl methyl sites for hydroxylation is 2. The Hall–Kier alpha value is -1.13. The fourth-order valence-corrected chi connectivity index (χ4v) is 3.25. The van der Waals surface area contributed by atoms with Crippen LogP contribution in [0.25, 0.3) is 0 Å². The van der Waals surface area contributed by atoms with Crippen molar-refractivity contribution in [2.45, 2.75) is 26.8 Å². The molecule has 1 aromatic carbocycles. The molecule has 0 atom stereocenters. The molecule has 2 rings (SSSR count). The lowest BCUT2D eigenvalue weighted by molar-refractivity contribution is -0.120. The van der Waals surface area contributed by atoms with Crippen molar-refractivity contribution < 1.29 is 4.79 Å². The average Bonchev–Trinajstić information content (AvgIpc) is 2.77. The van der Waals surface area contributed by atoms with Gasteiger partial charge in [0.1, 0.15) is 0 Å². The third-order valence-corrected chi connectivity index (χ3v) is 4.63. The molecular weight excluding hydrogens is 322 g/mol. The fraction of sp³-hybridized carbons (Fsp3) is 0.267. The minimum atomic E-state index is 0.0678. The molecule has 0 saturated carbocycles. The largest absolute Gasteiger partial charge is 0.351 e. The number of benzene rings is 1. The topological polar surface area (TPSA) is 29.1 Å². The average molecular weight is 338 g/mol. The summed E-state index contributed by atoms with van der Waals surface area (Å²) in [4.78, 5) is 13.1. The van der Waals surface area contributed by atoms with Gasteiger partial charge in [0.25, 0.3) is 0 Å². The summed E-state index contributed by atoms with van der Waals surface area (Å²) in [5, 5.41) is 4.98. The Balaban J connectivity index is 1.92. The lowest BCUT2D eigenvalue weighted by Crippen LogP contribution is -2.24. The van der Waals surface area contributed by atoms with E-state index in [2.05, 4.69) is 39.4 Å². The zero-order valence-corrected chi connectivity index (χ0v) is 13.4. The number of hydrogen-bond acceptors (Lipinski definition) is 2. The molecule has 0 bridgehead atoms. The molecule has 1 amide bonds. The zero-order valence-electron chi connectivity index (χ0n) is 11.0. The quantitative estimate of drug-likeness (QED) is 0.897. The van der Waals surface area contributed by atoms with E-state index in [1.807, 2.05) is 25.3 Å². The van der Waals surface area contributed by atoms with Crippen molar-refractivity contribution in [1.82, 2.24) is 5.32 Å². The van der Waals surface area contributed by atoms with E-state index in [1.165, 1.54) is 11.1 Å². The number of hydrogen-bond donors (Lipinski definition) is 1. The van der Waals surface area contributed by atoms with Crippen molar-refractivity contribution in [3.05, 3.63) is 55.7 Å². The van der Waals surface area contributed by atoms with Gasteiger partial charge in [0.2, 0.25) is 5.91 Å². The molecule has 0 spiro atoms. The highest BCUT2D eigenvalue weighted by atomic mass is 79.9. The Kier molecular flexibility index (Phi) is 4.77. The normalized spacial score (nSPS) is 10.5. The van der Waals surface area contributed by atoms with Gasteiger partial charge in [-0.2, -0.15) is 0 Å². The molecule has 1 heterocycles. The second-order valence-corrected chi connectivity index (χ2v) is 6.53. The lowest BCUT2D eigenvalue weighted by Gasteiger charge is -2.07. The van der Waals surface area contributed by atoms with Crippen LogP contribution in [-0.4, -0.2) is 5.91 Å². The van der Waals surface area contributed by atoms with Gasteiger partial charge in [0.15, 0.2) is 0 Å². The van der Waals surface area contributed by atoms with Gasteiger partial charge in [-0.3, -0.25) is 4.79 Å². The molecule has 0 unspecified atom stereocenters. The molecule has 0 aliphatic rings. The van der Waals surface area contributed by atoms with Crippen LogP contribution >= 0.6 is 27.3 Å². The molecule has 0 radical (unpaired) electrons. The minimum absolute atomic E-state index is 0.0678. The molecule has 0 saturated heterocycles. The summed E-state index contributed by atoms with van der Waals surface area (Å²) in [6.45, 7) is 4.68. The SMILES string of the molecule is Cc1ccc(C)c(CC(=O)NCc2cc(Br)cs2)c1. The summed E-state index contributed by atoms with van der Waals surface area (Å²) < 4.78 is 1.07. The van der Waals surface area contributed by atoms with Gasteiger partial charge in [0.05, 0.1) is 13.0 Å². The van der Waals surface area contributed by atoms with Crippen LogP contribution in [0, 0.1) is 13.8 Å². The van der Waals surface area contributed by atoms with Crippen molar-refractivity contribution in [3.8, 4) is 0 Å². The van der Waals surface area contributed by atoms with Crippen molar-refractivity contribution in [2.75, 3.05) is 0 Å². The van der Waals surface area contributed by atoms with Crippen LogP contribution in [0.5, 0.6) is 0 Å². The molecule has 19 heavy (non-hydrogen) atoms. The third kappa shape index (κ3) is 4.18. The van der Waals surface area contributed by atoms with Gasteiger partial charge in [-0.1, -0.05) is 23.8 Å². The smallest absolute Gasteiger partial charge is 0.224 e. The highest BCUT2D eigenvalue weighted by Gasteiger charge is 2.07. The number of carbonyl (C=O) groups excluding carboxylic acids is 1. The number of amides is 1. The van der Waals surface area contributed by atoms with Gasteiger partial charge in [-0.15, -0.1) is 11.3 Å². The molecule has 2 aromatic rings. The Morgan fingerprint density at radius 2 is 2.11 bits per heavy atom. The molecule has 1 aromatic heterocycles. The summed E-state index contributed by atoms with van der Waals surface area (Å²) in [7, 11) is 0. The summed E-state index contributed by atoms with van der Waals surface area (Å²) in [5.41, 5.74) is 3.46. The van der Waals surface area contributed by atoms with Crippen molar-refractivity contribution in [3.63, 3.8) is 0 Å². The van der Waals surface area contributed by atoms with E-state index in [0.29, 0.717) is 13.0 Å². The molecule has 0 aliphatic carbocycles. The number of halogens is 1. The zero-order chi connectivity index (χ0) is 13.8. The van der Waals surface area contributed by atoms with E-state index in [9.17, 15) is 4.79 Å². The molecule has 0 aliphatic heterocycles. The van der Waals surface area contributed by atoms with E-state index in [0.717, 1.165) is 14.9 Å². The van der Waals surface area contributed by atoms with Crippen molar-refractivity contribution in [2.24, 2.45) is 0 Å². The van der Waals surface area contributed by atoms with Crippen LogP contribution in [0.2, 0.25) is 0 Å². The van der Waals surface area contributed by atoms with Gasteiger partial charge in [0, 0.05) is 14.7 Å². The fourth-order valence-electron chi connectivity index (χ4n) is 1.86. The molecule has 4 heteroatoms. The standard InChI is InChI=1S/C15H16BrNOS/c1-10-3-4-11(2)12(5-10)6-15(18)17-8-14-7-13(16)9-19-14/h3-5,7,9H,6,8H2,1-2H3,(H,17,18). The van der Waals surface area contributed by atoms with Crippen LogP contribution in [0.15, 0.2) is 34.1 Å². The predicted molar refractivity (Wildman–Crippen MR) is 83.5 cm³/mol. The summed E-state index contributed by atoms with van der Waals surface area (Å²) in [6, 6.07) is 8.24. The predicted octanol–water partition coefficient (Wildman–Crippen LogP) is 3.99. The maximum absolute atomic E-state index is 11.9. The number of rotatable bonds is 4. The van der Waals surface area contributed by atoms with Gasteiger partial charge in [-0.25, -0.2) is 0 Å². The molecule has 1 N–H and O–H groups in total. The van der Waals surface area contributed by atoms with Crippen LogP contribution in [0.4, 0.5) is 0 Å². The van der Waals surface area contributed by atoms with E-state index in [1.54, 1.807) is 11.3 Å². The number of thiophene rings is 1. The van der Waals surface area contributed by atoms with E-state index >= 15 is 0 Å². The number of nitrogens with one attached hydrogen (secondary N) is 1. The lowest BCUT2D eigenvalue weighted by atomic mass is 10.0. The minimum Gasteiger partial charge on any atom is -0.351 e. The molecule has 0 fully saturated rings. The highest BCUT2D eigenvalue weighted by molar-refractivity contribution is 9.10. The second kappa shape index (κ2) is 6.35. The van der Waals surface area contributed by atoms with Crippen molar-refractivity contribution >= 4 is 33.2 Å². The molecule has 2 nitrogen and oxygen atoms in total. The van der Waals surface area contributed by atoms with Crippen LogP contribution in [0.3, 0.4) is 0 Å². The molecule has 100 valence electrons. The Morgan fingerprint density at radius 1 is 1.32 bits per heavy atom. The summed E-state index contributed by atoms with van der Waals surface area (Å²) in [5.74, 6) is 0.0678. The van der Waals surface area contributed by atoms with Crippen LogP contribution in [-0.2, 0) is 17.8 Å². The molecular formula is C15H16BrNOS. The third-order valence-electron chi connectivity index (χ3n) is 2.94. The first kappa shape index (κ1) is 14.3. The first-order valence-corrected chi connectivity index (χ1v) is 7.77. The number of carbonyl (C=O) groups is 1. The van der Waals surface area contributed by atoms with Gasteiger partial charge in [-0.05, 0) is 47.0 Å². The van der Waals surface area contributed by atoms with Gasteiger partial charge >= 0.3 is 0 Å². The van der Waals surface area contributed by atoms with Crippen LogP contribution < -0.4 is 5.32 Å². The van der Waals surface area contributed by atoms with E-state index < -0.39 is 0 Å². The Morgan fingerprint density at radius 3 is 2.79 bits per heavy atom. The van der Waals surface area contributed by atoms with E-state index in [4.69, 9.17) is 0 Å².